The number of methoxy groups -OCH3 is 1. The molecule has 0 saturated heterocycles. The second-order valence-corrected chi connectivity index (χ2v) is 5.70. The van der Waals surface area contributed by atoms with Crippen LogP contribution in [0.2, 0.25) is 0 Å². The van der Waals surface area contributed by atoms with Gasteiger partial charge in [0.05, 0.1) is 18.8 Å². The summed E-state index contributed by atoms with van der Waals surface area (Å²) in [5.41, 5.74) is 1.96. The van der Waals surface area contributed by atoms with Gasteiger partial charge in [-0.05, 0) is 18.9 Å². The lowest BCUT2D eigenvalue weighted by Crippen LogP contribution is -2.15. The third-order valence-corrected chi connectivity index (χ3v) is 4.07. The molecule has 0 bridgehead atoms. The lowest BCUT2D eigenvalue weighted by Gasteiger charge is -2.10. The molecule has 1 aromatic carbocycles. The van der Waals surface area contributed by atoms with E-state index in [1.165, 1.54) is 24.4 Å². The van der Waals surface area contributed by atoms with Crippen molar-refractivity contribution >= 4 is 23.5 Å². The molecule has 0 amide bonds. The second kappa shape index (κ2) is 8.00. The van der Waals surface area contributed by atoms with E-state index in [-0.39, 0.29) is 17.0 Å². The van der Waals surface area contributed by atoms with Crippen LogP contribution < -0.4 is 0 Å². The molecule has 1 unspecified atom stereocenters. The molecule has 3 nitrogen and oxygen atoms in total. The van der Waals surface area contributed by atoms with E-state index in [4.69, 9.17) is 0 Å². The fraction of sp³-hybridized carbons (Fsp3) is 0.467. The SMILES string of the molecule is CCc1ccc(C(=O)C(C)SCCC(=O)OC)cc1. The summed E-state index contributed by atoms with van der Waals surface area (Å²) in [6.45, 7) is 3.96. The molecule has 0 aliphatic heterocycles. The molecule has 1 aromatic rings. The molecule has 104 valence electrons. The number of esters is 1. The van der Waals surface area contributed by atoms with Crippen LogP contribution in [0.4, 0.5) is 0 Å². The van der Waals surface area contributed by atoms with Gasteiger partial charge in [-0.25, -0.2) is 0 Å². The summed E-state index contributed by atoms with van der Waals surface area (Å²) >= 11 is 1.48. The molecule has 0 aromatic heterocycles. The summed E-state index contributed by atoms with van der Waals surface area (Å²) < 4.78 is 4.57. The van der Waals surface area contributed by atoms with E-state index in [0.717, 1.165) is 12.0 Å². The average Bonchev–Trinajstić information content (AvgIpc) is 2.46. The van der Waals surface area contributed by atoms with Crippen molar-refractivity contribution in [3.63, 3.8) is 0 Å². The fourth-order valence-electron chi connectivity index (χ4n) is 1.64. The van der Waals surface area contributed by atoms with Crippen molar-refractivity contribution < 1.29 is 14.3 Å². The van der Waals surface area contributed by atoms with Crippen molar-refractivity contribution in [2.45, 2.75) is 31.9 Å². The predicted octanol–water partition coefficient (Wildman–Crippen LogP) is 3.12. The summed E-state index contributed by atoms with van der Waals surface area (Å²) in [6.07, 6.45) is 1.31. The Labute approximate surface area is 118 Å². The molecule has 1 rings (SSSR count). The van der Waals surface area contributed by atoms with Gasteiger partial charge < -0.3 is 4.74 Å². The number of carbonyl (C=O) groups excluding carboxylic acids is 2. The Morgan fingerprint density at radius 3 is 2.42 bits per heavy atom. The van der Waals surface area contributed by atoms with Crippen LogP contribution in [-0.4, -0.2) is 29.9 Å². The molecular weight excluding hydrogens is 260 g/mol. The normalized spacial score (nSPS) is 11.9. The van der Waals surface area contributed by atoms with Crippen molar-refractivity contribution in [3.8, 4) is 0 Å². The number of carbonyl (C=O) groups is 2. The molecular formula is C15H20O3S. The summed E-state index contributed by atoms with van der Waals surface area (Å²) in [4.78, 5) is 23.1. The number of thioether (sulfide) groups is 1. The van der Waals surface area contributed by atoms with Crippen LogP contribution in [0.25, 0.3) is 0 Å². The van der Waals surface area contributed by atoms with Gasteiger partial charge in [0.2, 0.25) is 0 Å². The van der Waals surface area contributed by atoms with E-state index in [1.54, 1.807) is 0 Å². The van der Waals surface area contributed by atoms with Crippen molar-refractivity contribution in [1.82, 2.24) is 0 Å². The first-order valence-electron chi connectivity index (χ1n) is 6.40. The summed E-state index contributed by atoms with van der Waals surface area (Å²) in [6, 6.07) is 7.72. The van der Waals surface area contributed by atoms with Gasteiger partial charge in [0.1, 0.15) is 0 Å². The summed E-state index contributed by atoms with van der Waals surface area (Å²) in [7, 11) is 1.37. The number of hydrogen-bond acceptors (Lipinski definition) is 4. The number of hydrogen-bond donors (Lipinski definition) is 0. The Bertz CT molecular complexity index is 426. The van der Waals surface area contributed by atoms with Crippen LogP contribution in [0.3, 0.4) is 0 Å². The topological polar surface area (TPSA) is 43.4 Å². The zero-order valence-electron chi connectivity index (χ0n) is 11.6. The van der Waals surface area contributed by atoms with Gasteiger partial charge in [-0.15, -0.1) is 11.8 Å². The van der Waals surface area contributed by atoms with Gasteiger partial charge in [-0.3, -0.25) is 9.59 Å². The predicted molar refractivity (Wildman–Crippen MR) is 78.7 cm³/mol. The van der Waals surface area contributed by atoms with E-state index in [9.17, 15) is 9.59 Å². The van der Waals surface area contributed by atoms with Crippen LogP contribution in [0, 0.1) is 0 Å². The molecule has 0 fully saturated rings. The van der Waals surface area contributed by atoms with E-state index in [1.807, 2.05) is 31.2 Å². The number of ether oxygens (including phenoxy) is 1. The first kappa shape index (κ1) is 15.8. The molecule has 0 N–H and O–H groups in total. The standard InChI is InChI=1S/C15H20O3S/c1-4-12-5-7-13(8-6-12)15(17)11(2)19-10-9-14(16)18-3/h5-8,11H,4,9-10H2,1-3H3. The Hall–Kier alpha value is -1.29. The van der Waals surface area contributed by atoms with Crippen molar-refractivity contribution in [3.05, 3.63) is 35.4 Å². The number of aryl methyl sites for hydroxylation is 1. The lowest BCUT2D eigenvalue weighted by molar-refractivity contribution is -0.140. The minimum atomic E-state index is -0.237. The van der Waals surface area contributed by atoms with E-state index in [2.05, 4.69) is 11.7 Å². The average molecular weight is 280 g/mol. The van der Waals surface area contributed by atoms with Crippen molar-refractivity contribution in [2.75, 3.05) is 12.9 Å². The van der Waals surface area contributed by atoms with Crippen LogP contribution in [0.5, 0.6) is 0 Å². The maximum atomic E-state index is 12.2. The molecule has 0 spiro atoms. The first-order valence-corrected chi connectivity index (χ1v) is 7.45. The Balaban J connectivity index is 2.49. The van der Waals surface area contributed by atoms with Crippen LogP contribution in [0.1, 0.15) is 36.2 Å². The van der Waals surface area contributed by atoms with Crippen LogP contribution >= 0.6 is 11.8 Å². The molecule has 0 saturated carbocycles. The highest BCUT2D eigenvalue weighted by atomic mass is 32.2. The highest BCUT2D eigenvalue weighted by molar-refractivity contribution is 8.00. The maximum Gasteiger partial charge on any atom is 0.306 e. The molecule has 0 aliphatic carbocycles. The third-order valence-electron chi connectivity index (χ3n) is 2.92. The number of Topliss-reactive ketones (excluding diaryl/α,β-unsaturated/α-hetero) is 1. The van der Waals surface area contributed by atoms with Crippen LogP contribution in [0.15, 0.2) is 24.3 Å². The fourth-order valence-corrected chi connectivity index (χ4v) is 2.56. The highest BCUT2D eigenvalue weighted by Gasteiger charge is 2.16. The Morgan fingerprint density at radius 1 is 1.26 bits per heavy atom. The first-order chi connectivity index (χ1) is 9.08. The van der Waals surface area contributed by atoms with Crippen molar-refractivity contribution in [1.29, 1.82) is 0 Å². The van der Waals surface area contributed by atoms with Crippen molar-refractivity contribution in [2.24, 2.45) is 0 Å². The quantitative estimate of drug-likeness (QED) is 0.568. The molecule has 4 heteroatoms. The van der Waals surface area contributed by atoms with Gasteiger partial charge in [0.25, 0.3) is 0 Å². The highest BCUT2D eigenvalue weighted by Crippen LogP contribution is 2.18. The molecule has 0 heterocycles. The van der Waals surface area contributed by atoms with E-state index >= 15 is 0 Å². The lowest BCUT2D eigenvalue weighted by atomic mass is 10.1. The largest absolute Gasteiger partial charge is 0.469 e. The zero-order chi connectivity index (χ0) is 14.3. The molecule has 0 radical (unpaired) electrons. The monoisotopic (exact) mass is 280 g/mol. The molecule has 1 atom stereocenters. The minimum Gasteiger partial charge on any atom is -0.469 e. The Kier molecular flexibility index (Phi) is 6.64. The summed E-state index contributed by atoms with van der Waals surface area (Å²) in [5.74, 6) is 0.476. The number of rotatable bonds is 7. The van der Waals surface area contributed by atoms with Crippen LogP contribution in [-0.2, 0) is 16.0 Å². The van der Waals surface area contributed by atoms with Gasteiger partial charge >= 0.3 is 5.97 Å². The summed E-state index contributed by atoms with van der Waals surface area (Å²) in [5, 5.41) is -0.142. The minimum absolute atomic E-state index is 0.109. The maximum absolute atomic E-state index is 12.2. The van der Waals surface area contributed by atoms with Gasteiger partial charge in [-0.2, -0.15) is 0 Å². The second-order valence-electron chi connectivity index (χ2n) is 4.25. The third kappa shape index (κ3) is 5.07. The number of ketones is 1. The van der Waals surface area contributed by atoms with Gasteiger partial charge in [0.15, 0.2) is 5.78 Å². The molecule has 0 aliphatic rings. The van der Waals surface area contributed by atoms with Gasteiger partial charge in [0, 0.05) is 11.3 Å². The van der Waals surface area contributed by atoms with E-state index < -0.39 is 0 Å². The number of benzene rings is 1. The van der Waals surface area contributed by atoms with Gasteiger partial charge in [-0.1, -0.05) is 31.2 Å². The Morgan fingerprint density at radius 2 is 1.89 bits per heavy atom. The smallest absolute Gasteiger partial charge is 0.306 e. The van der Waals surface area contributed by atoms with E-state index in [0.29, 0.717) is 12.2 Å². The molecule has 19 heavy (non-hydrogen) atoms. The zero-order valence-corrected chi connectivity index (χ0v) is 12.5.